The topological polar surface area (TPSA) is 9.34 Å². The molecular formula is C46H32N2. The van der Waals surface area contributed by atoms with Gasteiger partial charge in [0.1, 0.15) is 0 Å². The van der Waals surface area contributed by atoms with Crippen LogP contribution in [-0.2, 0) is 25.7 Å². The van der Waals surface area contributed by atoms with E-state index in [1.54, 1.807) is 0 Å². The molecule has 0 N–H and O–H groups in total. The second kappa shape index (κ2) is 9.82. The summed E-state index contributed by atoms with van der Waals surface area (Å²) in [6.45, 7) is 0. The minimum absolute atomic E-state index is 1.02. The maximum absolute atomic E-state index is 2.63. The van der Waals surface area contributed by atoms with Gasteiger partial charge in [0, 0.05) is 37.9 Å². The second-order valence-electron chi connectivity index (χ2n) is 13.6. The summed E-state index contributed by atoms with van der Waals surface area (Å²) in [5.74, 6) is 0. The maximum atomic E-state index is 2.63. The summed E-state index contributed by atoms with van der Waals surface area (Å²) in [6, 6.07) is 54.7. The Morgan fingerprint density at radius 3 is 1.90 bits per heavy atom. The Labute approximate surface area is 278 Å². The van der Waals surface area contributed by atoms with Crippen molar-refractivity contribution in [3.63, 3.8) is 0 Å². The lowest BCUT2D eigenvalue weighted by Gasteiger charge is -2.14. The van der Waals surface area contributed by atoms with E-state index in [2.05, 4.69) is 155 Å². The smallest absolute Gasteiger partial charge is 0.0620 e. The van der Waals surface area contributed by atoms with Gasteiger partial charge < -0.3 is 8.97 Å². The van der Waals surface area contributed by atoms with Crippen molar-refractivity contribution in [3.05, 3.63) is 168 Å². The van der Waals surface area contributed by atoms with Crippen LogP contribution in [0.15, 0.2) is 146 Å². The standard InChI is InChI=1S/C46H32N2/c1-2-9-31(10-3-1)34-11-4-6-15-40(34)47-41-16-7-5-12-35(41)38-27-43-39(28-42(38)47)36-13-8-14-37-44-32-23-21-29-17-19-30(20-18-29)22-24-33(26-25-32)45(44)48(43)46(36)37/h1-20,25-28H,21-24H2. The number of fused-ring (bicyclic) bond motifs is 6. The van der Waals surface area contributed by atoms with Crippen LogP contribution in [0.4, 0.5) is 0 Å². The van der Waals surface area contributed by atoms with Crippen molar-refractivity contribution in [2.45, 2.75) is 25.7 Å². The summed E-state index contributed by atoms with van der Waals surface area (Å²) >= 11 is 0. The van der Waals surface area contributed by atoms with Crippen molar-refractivity contribution in [2.24, 2.45) is 0 Å². The van der Waals surface area contributed by atoms with Gasteiger partial charge in [-0.2, -0.15) is 0 Å². The Morgan fingerprint density at radius 1 is 0.396 bits per heavy atom. The van der Waals surface area contributed by atoms with Gasteiger partial charge in [-0.1, -0.05) is 121 Å². The predicted molar refractivity (Wildman–Crippen MR) is 202 cm³/mol. The summed E-state index contributed by atoms with van der Waals surface area (Å²) in [7, 11) is 0. The minimum Gasteiger partial charge on any atom is -0.309 e. The zero-order valence-electron chi connectivity index (χ0n) is 26.6. The summed E-state index contributed by atoms with van der Waals surface area (Å²) in [6.07, 6.45) is 4.17. The highest BCUT2D eigenvalue weighted by molar-refractivity contribution is 6.27. The molecule has 4 aliphatic carbocycles. The van der Waals surface area contributed by atoms with Crippen LogP contribution in [-0.4, -0.2) is 8.97 Å². The Balaban J connectivity index is 1.26. The van der Waals surface area contributed by atoms with Gasteiger partial charge in [0.25, 0.3) is 0 Å². The van der Waals surface area contributed by atoms with Crippen LogP contribution in [0.5, 0.6) is 0 Å². The van der Waals surface area contributed by atoms with Gasteiger partial charge in [0.05, 0.1) is 33.3 Å². The molecule has 0 aliphatic heterocycles. The zero-order valence-corrected chi connectivity index (χ0v) is 26.6. The molecule has 10 aromatic rings. The van der Waals surface area contributed by atoms with E-state index in [1.165, 1.54) is 99.0 Å². The first-order valence-corrected chi connectivity index (χ1v) is 17.2. The van der Waals surface area contributed by atoms with Crippen molar-refractivity contribution in [1.29, 1.82) is 0 Å². The van der Waals surface area contributed by atoms with Crippen molar-refractivity contribution >= 4 is 59.9 Å². The Hall–Kier alpha value is -5.86. The molecule has 3 aromatic heterocycles. The molecule has 0 saturated heterocycles. The van der Waals surface area contributed by atoms with Crippen molar-refractivity contribution in [3.8, 4) is 16.8 Å². The first-order valence-electron chi connectivity index (χ1n) is 17.2. The summed E-state index contributed by atoms with van der Waals surface area (Å²) in [4.78, 5) is 0. The molecule has 48 heavy (non-hydrogen) atoms. The van der Waals surface area contributed by atoms with Gasteiger partial charge in [-0.25, -0.2) is 0 Å². The van der Waals surface area contributed by atoms with Gasteiger partial charge >= 0.3 is 0 Å². The normalized spacial score (nSPS) is 13.5. The highest BCUT2D eigenvalue weighted by atomic mass is 15.0. The number of aryl methyl sites for hydroxylation is 4. The average molecular weight is 613 g/mol. The van der Waals surface area contributed by atoms with Crippen LogP contribution in [0.25, 0.3) is 76.7 Å². The van der Waals surface area contributed by atoms with Crippen molar-refractivity contribution < 1.29 is 0 Å². The second-order valence-corrected chi connectivity index (χ2v) is 13.6. The van der Waals surface area contributed by atoms with Crippen LogP contribution < -0.4 is 0 Å². The van der Waals surface area contributed by atoms with Gasteiger partial charge in [0.2, 0.25) is 0 Å². The third-order valence-corrected chi connectivity index (χ3v) is 11.0. The van der Waals surface area contributed by atoms with Gasteiger partial charge in [-0.15, -0.1) is 0 Å². The van der Waals surface area contributed by atoms with Crippen LogP contribution in [0.2, 0.25) is 0 Å². The summed E-state index contributed by atoms with van der Waals surface area (Å²) < 4.78 is 5.12. The first-order chi connectivity index (χ1) is 23.8. The fraction of sp³-hybridized carbons (Fsp3) is 0.0870. The highest BCUT2D eigenvalue weighted by Gasteiger charge is 2.24. The van der Waals surface area contributed by atoms with Crippen molar-refractivity contribution in [2.75, 3.05) is 0 Å². The molecule has 0 spiro atoms. The molecule has 0 saturated carbocycles. The van der Waals surface area contributed by atoms with E-state index >= 15 is 0 Å². The molecule has 14 rings (SSSR count). The van der Waals surface area contributed by atoms with Crippen molar-refractivity contribution in [1.82, 2.24) is 8.97 Å². The molecule has 2 nitrogen and oxygen atoms in total. The fourth-order valence-corrected chi connectivity index (χ4v) is 8.82. The largest absolute Gasteiger partial charge is 0.309 e. The Kier molecular flexibility index (Phi) is 5.37. The molecule has 3 heterocycles. The van der Waals surface area contributed by atoms with E-state index in [4.69, 9.17) is 0 Å². The Bertz CT molecular complexity index is 2870. The molecule has 226 valence electrons. The van der Waals surface area contributed by atoms with E-state index in [0.717, 1.165) is 25.7 Å². The lowest BCUT2D eigenvalue weighted by Crippen LogP contribution is -2.00. The number of hydrogen-bond acceptors (Lipinski definition) is 0. The van der Waals surface area contributed by atoms with E-state index in [9.17, 15) is 0 Å². The zero-order chi connectivity index (χ0) is 31.3. The predicted octanol–water partition coefficient (Wildman–Crippen LogP) is 11.5. The molecule has 0 fully saturated rings. The number of aromatic nitrogens is 2. The van der Waals surface area contributed by atoms with Crippen LogP contribution in [0.3, 0.4) is 0 Å². The van der Waals surface area contributed by atoms with E-state index in [0.29, 0.717) is 0 Å². The molecule has 4 bridgehead atoms. The molecule has 0 atom stereocenters. The monoisotopic (exact) mass is 612 g/mol. The third kappa shape index (κ3) is 3.58. The SMILES string of the molecule is c1ccc(-c2ccccc2-n2c3ccccc3c3cc4c(cc32)c2cccc3c5c6ccc(c5n4c23)CCc2ccc(cc2)CC6)cc1. The quantitative estimate of drug-likeness (QED) is 0.184. The molecule has 0 unspecified atom stereocenters. The third-order valence-electron chi connectivity index (χ3n) is 11.0. The van der Waals surface area contributed by atoms with Crippen LogP contribution in [0.1, 0.15) is 22.3 Å². The highest BCUT2D eigenvalue weighted by Crippen LogP contribution is 2.45. The van der Waals surface area contributed by atoms with Crippen LogP contribution in [0, 0.1) is 0 Å². The lowest BCUT2D eigenvalue weighted by molar-refractivity contribution is 0.932. The number of nitrogens with zero attached hydrogens (tertiary/aromatic N) is 2. The van der Waals surface area contributed by atoms with E-state index < -0.39 is 0 Å². The molecule has 0 amide bonds. The first kappa shape index (κ1) is 26.2. The lowest BCUT2D eigenvalue weighted by atomic mass is 9.93. The summed E-state index contributed by atoms with van der Waals surface area (Å²) in [5.41, 5.74) is 16.0. The van der Waals surface area contributed by atoms with E-state index in [-0.39, 0.29) is 0 Å². The number of hydrogen-bond donors (Lipinski definition) is 0. The summed E-state index contributed by atoms with van der Waals surface area (Å²) in [5, 5.41) is 8.06. The molecule has 0 radical (unpaired) electrons. The number of rotatable bonds is 2. The maximum Gasteiger partial charge on any atom is 0.0620 e. The molecule has 7 aromatic carbocycles. The fourth-order valence-electron chi connectivity index (χ4n) is 8.82. The van der Waals surface area contributed by atoms with Gasteiger partial charge in [-0.05, 0) is 77.8 Å². The minimum atomic E-state index is 1.02. The van der Waals surface area contributed by atoms with E-state index in [1.807, 2.05) is 0 Å². The number of benzene rings is 7. The molecule has 4 aliphatic rings. The van der Waals surface area contributed by atoms with Crippen LogP contribution >= 0.6 is 0 Å². The molecule has 2 heteroatoms. The van der Waals surface area contributed by atoms with Gasteiger partial charge in [0.15, 0.2) is 0 Å². The Morgan fingerprint density at radius 2 is 1.04 bits per heavy atom. The average Bonchev–Trinajstić information content (AvgIpc) is 3.77. The number of para-hydroxylation sites is 3. The molecular weight excluding hydrogens is 581 g/mol. The van der Waals surface area contributed by atoms with Gasteiger partial charge in [-0.3, -0.25) is 0 Å².